The minimum atomic E-state index is -0.197. The molecule has 0 radical (unpaired) electrons. The first kappa shape index (κ1) is 30.7. The number of hydrogen-bond acceptors (Lipinski definition) is 4. The van der Waals surface area contributed by atoms with Gasteiger partial charge < -0.3 is 10.0 Å². The van der Waals surface area contributed by atoms with E-state index in [1.165, 1.54) is 11.6 Å². The van der Waals surface area contributed by atoms with Crippen molar-refractivity contribution >= 4 is 11.5 Å². The zero-order chi connectivity index (χ0) is 28.2. The molecule has 0 aromatic heterocycles. The summed E-state index contributed by atoms with van der Waals surface area (Å²) in [6.45, 7) is 21.1. The molecule has 0 amide bonds. The summed E-state index contributed by atoms with van der Waals surface area (Å²) in [7, 11) is 1.96. The number of aliphatic hydroxyl groups is 1. The van der Waals surface area contributed by atoms with E-state index in [9.17, 15) is 9.90 Å². The molecule has 0 atom stereocenters. The van der Waals surface area contributed by atoms with Gasteiger partial charge in [-0.25, -0.2) is 10.1 Å². The Bertz CT molecular complexity index is 1240. The molecule has 1 aliphatic rings. The Labute approximate surface area is 222 Å². The molecule has 1 aliphatic heterocycles. The van der Waals surface area contributed by atoms with E-state index >= 15 is 0 Å². The van der Waals surface area contributed by atoms with Gasteiger partial charge in [0.2, 0.25) is 0 Å². The lowest BCUT2D eigenvalue weighted by Gasteiger charge is -2.25. The minimum Gasteiger partial charge on any atom is -0.507 e. The quantitative estimate of drug-likeness (QED) is 0.153. The van der Waals surface area contributed by atoms with Crippen LogP contribution in [0, 0.1) is 17.9 Å². The third kappa shape index (κ3) is 8.98. The summed E-state index contributed by atoms with van der Waals surface area (Å²) in [6, 6.07) is 18.5. The van der Waals surface area contributed by atoms with E-state index in [1.807, 2.05) is 88.2 Å². The molecule has 0 spiro atoms. The highest BCUT2D eigenvalue weighted by atomic mass is 16.3. The molecule has 5 heteroatoms. The highest BCUT2D eigenvalue weighted by Gasteiger charge is 2.14. The van der Waals surface area contributed by atoms with Gasteiger partial charge in [0.15, 0.2) is 5.78 Å². The summed E-state index contributed by atoms with van der Waals surface area (Å²) < 4.78 is 0. The average Bonchev–Trinajstić information content (AvgIpc) is 2.89. The fourth-order valence-electron chi connectivity index (χ4n) is 3.29. The van der Waals surface area contributed by atoms with Crippen LogP contribution in [0.15, 0.2) is 95.5 Å². The maximum atomic E-state index is 12.2. The van der Waals surface area contributed by atoms with E-state index < -0.39 is 0 Å². The monoisotopic (exact) mass is 495 g/mol. The SMILES string of the molecule is CC.CC(C)(C)c1ccc(C(=O)C=C(O)c2ccccc2)cc1.[C-]#[N+]C(C#N)=C1C=C(C)N(C)C(C)=C1. The first-order chi connectivity index (χ1) is 17.5. The van der Waals surface area contributed by atoms with Gasteiger partial charge in [-0.3, -0.25) is 4.79 Å². The molecule has 37 heavy (non-hydrogen) atoms. The third-order valence-corrected chi connectivity index (χ3v) is 5.65. The lowest BCUT2D eigenvalue weighted by Crippen LogP contribution is -2.16. The summed E-state index contributed by atoms with van der Waals surface area (Å²) in [4.78, 5) is 17.4. The first-order valence-electron chi connectivity index (χ1n) is 12.2. The van der Waals surface area contributed by atoms with Crippen molar-refractivity contribution in [3.05, 3.63) is 124 Å². The van der Waals surface area contributed by atoms with Gasteiger partial charge in [0.1, 0.15) is 5.76 Å². The largest absolute Gasteiger partial charge is 0.507 e. The van der Waals surface area contributed by atoms with E-state index in [1.54, 1.807) is 24.3 Å². The van der Waals surface area contributed by atoms with E-state index in [0.29, 0.717) is 16.7 Å². The van der Waals surface area contributed by atoms with Gasteiger partial charge in [-0.15, -0.1) is 0 Å². The number of hydrogen-bond donors (Lipinski definition) is 1. The summed E-state index contributed by atoms with van der Waals surface area (Å²) in [5, 5.41) is 18.7. The van der Waals surface area contributed by atoms with Crippen molar-refractivity contribution in [3.63, 3.8) is 0 Å². The minimum absolute atomic E-state index is 0.0134. The standard InChI is InChI=1S/C19H20O2.C11H11N3.C2H6/c1-19(2,3)16-11-9-15(10-12-16)18(21)13-17(20)14-7-5-4-6-8-14;1-8-5-10(11(7-12)13-3)6-9(2)14(8)4;1-2/h4-13,20H,1-3H3;5-6H,1-2,4H3;1-2H3. The Hall–Kier alpha value is -4.35. The summed E-state index contributed by atoms with van der Waals surface area (Å²) in [6.07, 6.45) is 4.97. The van der Waals surface area contributed by atoms with Crippen LogP contribution in [-0.4, -0.2) is 22.8 Å². The van der Waals surface area contributed by atoms with Crippen LogP contribution in [-0.2, 0) is 5.41 Å². The highest BCUT2D eigenvalue weighted by Crippen LogP contribution is 2.24. The van der Waals surface area contributed by atoms with E-state index in [0.717, 1.165) is 11.4 Å². The Morgan fingerprint density at radius 3 is 1.92 bits per heavy atom. The first-order valence-corrected chi connectivity index (χ1v) is 12.2. The molecule has 192 valence electrons. The number of rotatable bonds is 3. The lowest BCUT2D eigenvalue weighted by molar-refractivity contribution is 0.104. The Balaban J connectivity index is 0.000000372. The number of nitrogens with zero attached hydrogens (tertiary/aromatic N) is 3. The van der Waals surface area contributed by atoms with Crippen LogP contribution in [0.4, 0.5) is 0 Å². The van der Waals surface area contributed by atoms with Crippen molar-refractivity contribution in [2.24, 2.45) is 0 Å². The molecule has 0 bridgehead atoms. The molecule has 0 unspecified atom stereocenters. The van der Waals surface area contributed by atoms with Gasteiger partial charge in [0.25, 0.3) is 5.70 Å². The zero-order valence-corrected chi connectivity index (χ0v) is 23.1. The predicted octanol–water partition coefficient (Wildman–Crippen LogP) is 8.23. The molecular formula is C32H37N3O2. The zero-order valence-electron chi connectivity index (χ0n) is 23.1. The number of ketones is 1. The number of benzene rings is 2. The van der Waals surface area contributed by atoms with Crippen molar-refractivity contribution in [1.82, 2.24) is 4.90 Å². The fraction of sp³-hybridized carbons (Fsp3) is 0.281. The Morgan fingerprint density at radius 2 is 1.49 bits per heavy atom. The molecule has 5 nitrogen and oxygen atoms in total. The molecule has 3 rings (SSSR count). The Morgan fingerprint density at radius 1 is 0.973 bits per heavy atom. The molecular weight excluding hydrogens is 458 g/mol. The molecule has 2 aromatic rings. The van der Waals surface area contributed by atoms with Crippen molar-refractivity contribution in [3.8, 4) is 6.07 Å². The molecule has 0 saturated carbocycles. The number of aliphatic hydroxyl groups excluding tert-OH is 1. The molecule has 1 N–H and O–H groups in total. The summed E-state index contributed by atoms with van der Waals surface area (Å²) >= 11 is 0. The topological polar surface area (TPSA) is 68.7 Å². The van der Waals surface area contributed by atoms with Crippen molar-refractivity contribution in [2.45, 2.75) is 53.9 Å². The van der Waals surface area contributed by atoms with Crippen LogP contribution >= 0.6 is 0 Å². The smallest absolute Gasteiger partial charge is 0.269 e. The number of nitriles is 1. The Kier molecular flexibility index (Phi) is 11.8. The van der Waals surface area contributed by atoms with Crippen molar-refractivity contribution < 1.29 is 9.90 Å². The number of allylic oxidation sites excluding steroid dienone is 7. The normalized spacial score (nSPS) is 12.9. The number of carbonyl (C=O) groups is 1. The number of carbonyl (C=O) groups excluding carboxylic acids is 1. The second kappa shape index (κ2) is 14.3. The second-order valence-corrected chi connectivity index (χ2v) is 9.25. The van der Waals surface area contributed by atoms with Crippen LogP contribution in [0.2, 0.25) is 0 Å². The molecule has 2 aromatic carbocycles. The van der Waals surface area contributed by atoms with Gasteiger partial charge in [-0.2, -0.15) is 0 Å². The average molecular weight is 496 g/mol. The van der Waals surface area contributed by atoms with Gasteiger partial charge >= 0.3 is 0 Å². The van der Waals surface area contributed by atoms with Gasteiger partial charge in [0, 0.05) is 35.6 Å². The maximum Gasteiger partial charge on any atom is 0.269 e. The second-order valence-electron chi connectivity index (χ2n) is 9.25. The summed E-state index contributed by atoms with van der Waals surface area (Å²) in [5.74, 6) is -0.211. The van der Waals surface area contributed by atoms with Gasteiger partial charge in [-0.05, 0) is 42.6 Å². The van der Waals surface area contributed by atoms with Crippen LogP contribution in [0.25, 0.3) is 10.6 Å². The van der Waals surface area contributed by atoms with Crippen molar-refractivity contribution in [1.29, 1.82) is 5.26 Å². The van der Waals surface area contributed by atoms with Crippen molar-refractivity contribution in [2.75, 3.05) is 7.05 Å². The summed E-state index contributed by atoms with van der Waals surface area (Å²) in [5.41, 5.74) is 5.38. The molecule has 1 heterocycles. The fourth-order valence-corrected chi connectivity index (χ4v) is 3.29. The van der Waals surface area contributed by atoms with E-state index in [-0.39, 0.29) is 22.7 Å². The highest BCUT2D eigenvalue weighted by molar-refractivity contribution is 6.07. The predicted molar refractivity (Wildman–Crippen MR) is 152 cm³/mol. The molecule has 0 aliphatic carbocycles. The van der Waals surface area contributed by atoms with Gasteiger partial charge in [0.05, 0.1) is 12.6 Å². The third-order valence-electron chi connectivity index (χ3n) is 5.65. The molecule has 0 saturated heterocycles. The van der Waals surface area contributed by atoms with Crippen LogP contribution < -0.4 is 0 Å². The molecule has 0 fully saturated rings. The van der Waals surface area contributed by atoms with Gasteiger partial charge in [-0.1, -0.05) is 89.2 Å². The van der Waals surface area contributed by atoms with Crippen LogP contribution in [0.5, 0.6) is 0 Å². The van der Waals surface area contributed by atoms with Crippen LogP contribution in [0.3, 0.4) is 0 Å². The van der Waals surface area contributed by atoms with Crippen LogP contribution in [0.1, 0.15) is 70.0 Å². The lowest BCUT2D eigenvalue weighted by atomic mass is 9.86. The van der Waals surface area contributed by atoms with E-state index in [2.05, 4.69) is 25.6 Å². The maximum absolute atomic E-state index is 12.2. The van der Waals surface area contributed by atoms with E-state index in [4.69, 9.17) is 11.8 Å².